The summed E-state index contributed by atoms with van der Waals surface area (Å²) in [6, 6.07) is 16.4. The van der Waals surface area contributed by atoms with Crippen molar-refractivity contribution in [3.05, 3.63) is 105 Å². The maximum atomic E-state index is 13.9. The molecule has 1 unspecified atom stereocenters. The molecular formula is C25H24N2O6S+. The highest BCUT2D eigenvalue weighted by Gasteiger charge is 2.53. The zero-order valence-electron chi connectivity index (χ0n) is 19.0. The molecule has 175 valence electrons. The Morgan fingerprint density at radius 2 is 1.56 bits per heavy atom. The quantitative estimate of drug-likeness (QED) is 0.275. The topological polar surface area (TPSA) is 111 Å². The van der Waals surface area contributed by atoms with Gasteiger partial charge in [-0.1, -0.05) is 36.4 Å². The number of amides is 1. The minimum Gasteiger partial charge on any atom is -0.284 e. The molecule has 8 nitrogen and oxygen atoms in total. The van der Waals surface area contributed by atoms with Crippen LogP contribution in [0.4, 0.5) is 5.69 Å². The lowest BCUT2D eigenvalue weighted by atomic mass is 10.0. The van der Waals surface area contributed by atoms with Gasteiger partial charge in [-0.15, -0.1) is 3.89 Å². The summed E-state index contributed by atoms with van der Waals surface area (Å²) in [5.74, 6) is -0.772. The van der Waals surface area contributed by atoms with E-state index < -0.39 is 30.8 Å². The molecule has 3 aromatic carbocycles. The highest BCUT2D eigenvalue weighted by molar-refractivity contribution is 7.86. The van der Waals surface area contributed by atoms with E-state index in [0.29, 0.717) is 5.56 Å². The fourth-order valence-electron chi connectivity index (χ4n) is 3.88. The van der Waals surface area contributed by atoms with E-state index in [1.807, 2.05) is 6.07 Å². The molecule has 34 heavy (non-hydrogen) atoms. The molecule has 0 aromatic heterocycles. The van der Waals surface area contributed by atoms with Crippen LogP contribution in [0.15, 0.2) is 77.7 Å². The zero-order valence-corrected chi connectivity index (χ0v) is 19.8. The average molecular weight is 481 g/mol. The number of sulfonamides is 1. The predicted molar refractivity (Wildman–Crippen MR) is 126 cm³/mol. The summed E-state index contributed by atoms with van der Waals surface area (Å²) in [6.45, 7) is 3.58. The van der Waals surface area contributed by atoms with Gasteiger partial charge in [0, 0.05) is 18.6 Å². The van der Waals surface area contributed by atoms with Gasteiger partial charge in [0.05, 0.1) is 17.5 Å². The zero-order chi connectivity index (χ0) is 25.1. The molecule has 0 N–H and O–H groups in total. The molecule has 0 aliphatic rings. The van der Waals surface area contributed by atoms with E-state index in [1.165, 1.54) is 55.6 Å². The number of rotatable bonds is 8. The first-order valence-corrected chi connectivity index (χ1v) is 11.9. The van der Waals surface area contributed by atoms with Crippen LogP contribution in [0.25, 0.3) is 0 Å². The molecule has 0 spiro atoms. The lowest BCUT2D eigenvalue weighted by Gasteiger charge is -2.34. The number of benzene rings is 3. The minimum atomic E-state index is -4.41. The third-order valence-electron chi connectivity index (χ3n) is 5.72. The summed E-state index contributed by atoms with van der Waals surface area (Å²) in [5, 5.41) is 11.0. The number of carbonyl (C=O) groups is 1. The summed E-state index contributed by atoms with van der Waals surface area (Å²) in [5.41, 5.74) is 2.02. The van der Waals surface area contributed by atoms with Crippen LogP contribution in [0.5, 0.6) is 0 Å². The molecular weight excluding hydrogens is 456 g/mol. The first kappa shape index (κ1) is 24.9. The second-order valence-electron chi connectivity index (χ2n) is 8.22. The summed E-state index contributed by atoms with van der Waals surface area (Å²) in [7, 11) is -3.21. The molecule has 0 saturated heterocycles. The highest BCUT2D eigenvalue weighted by Crippen LogP contribution is 2.30. The van der Waals surface area contributed by atoms with Crippen LogP contribution in [0.1, 0.15) is 27.0 Å². The average Bonchev–Trinajstić information content (AvgIpc) is 2.81. The first-order valence-electron chi connectivity index (χ1n) is 10.4. The van der Waals surface area contributed by atoms with E-state index in [0.717, 1.165) is 11.1 Å². The summed E-state index contributed by atoms with van der Waals surface area (Å²) in [4.78, 5) is 36.3. The number of carbonyl (C=O) groups excluding carboxylic acids is 2. The number of hydrogen-bond donors (Lipinski definition) is 0. The molecule has 3 rings (SSSR count). The summed E-state index contributed by atoms with van der Waals surface area (Å²) in [6.07, 6.45) is 1.61. The Kier molecular flexibility index (Phi) is 7.09. The minimum absolute atomic E-state index is 0.112. The molecule has 2 atom stereocenters. The Morgan fingerprint density at radius 3 is 2.06 bits per heavy atom. The summed E-state index contributed by atoms with van der Waals surface area (Å²) < 4.78 is 26.4. The third-order valence-corrected chi connectivity index (χ3v) is 8.01. The third kappa shape index (κ3) is 4.66. The van der Waals surface area contributed by atoms with Crippen molar-refractivity contribution in [3.63, 3.8) is 0 Å². The maximum absolute atomic E-state index is 13.9. The van der Waals surface area contributed by atoms with Crippen molar-refractivity contribution in [2.75, 3.05) is 7.05 Å². The van der Waals surface area contributed by atoms with Crippen molar-refractivity contribution in [2.45, 2.75) is 31.2 Å². The molecule has 3 aromatic rings. The van der Waals surface area contributed by atoms with Crippen LogP contribution in [-0.4, -0.2) is 42.5 Å². The molecule has 0 heterocycles. The predicted octanol–water partition coefficient (Wildman–Crippen LogP) is 3.91. The number of hydrogen-bond acceptors (Lipinski definition) is 6. The summed E-state index contributed by atoms with van der Waals surface area (Å²) >= 11 is 0. The molecule has 1 amide bonds. The normalized spacial score (nSPS) is 14.1. The van der Waals surface area contributed by atoms with Crippen molar-refractivity contribution in [1.29, 1.82) is 0 Å². The Morgan fingerprint density at radius 1 is 1.00 bits per heavy atom. The Hall–Kier alpha value is -3.69. The molecule has 0 bridgehead atoms. The number of likely N-dealkylation sites (N-methyl/N-ethyl adjacent to an activating group) is 1. The van der Waals surface area contributed by atoms with Crippen molar-refractivity contribution in [1.82, 2.24) is 0 Å². The Balaban J connectivity index is 2.17. The smallest absolute Gasteiger partial charge is 0.284 e. The van der Waals surface area contributed by atoms with E-state index in [9.17, 15) is 28.1 Å². The lowest BCUT2D eigenvalue weighted by Crippen LogP contribution is -2.61. The van der Waals surface area contributed by atoms with E-state index in [2.05, 4.69) is 0 Å². The van der Waals surface area contributed by atoms with Gasteiger partial charge in [-0.3, -0.25) is 14.9 Å². The second-order valence-corrected chi connectivity index (χ2v) is 10.4. The number of non-ortho nitro benzene ring substituents is 1. The van der Waals surface area contributed by atoms with Crippen LogP contribution >= 0.6 is 0 Å². The number of nitro groups is 1. The Labute approximate surface area is 198 Å². The van der Waals surface area contributed by atoms with Crippen LogP contribution in [0.3, 0.4) is 0 Å². The van der Waals surface area contributed by atoms with Crippen molar-refractivity contribution in [3.8, 4) is 0 Å². The number of aryl methyl sites for hydroxylation is 2. The molecule has 0 aliphatic carbocycles. The van der Waals surface area contributed by atoms with Gasteiger partial charge in [0.2, 0.25) is 0 Å². The van der Waals surface area contributed by atoms with Gasteiger partial charge >= 0.3 is 15.9 Å². The lowest BCUT2D eigenvalue weighted by molar-refractivity contribution is -0.714. The Bertz CT molecular complexity index is 1320. The SMILES string of the molecule is Cc1cc(C)cc(C(=O)[N+](C)([C@H]([C]=O)Cc2ccc([N+](=O)[O-])cc2)S(=O)(=O)c2ccccc2)c1. The molecule has 9 heteroatoms. The second kappa shape index (κ2) is 9.66. The van der Waals surface area contributed by atoms with Crippen molar-refractivity contribution in [2.24, 2.45) is 0 Å². The monoisotopic (exact) mass is 480 g/mol. The van der Waals surface area contributed by atoms with Gasteiger partial charge < -0.3 is 0 Å². The highest BCUT2D eigenvalue weighted by atomic mass is 32.2. The largest absolute Gasteiger partial charge is 0.361 e. The van der Waals surface area contributed by atoms with Gasteiger partial charge in [-0.05, 0) is 54.8 Å². The van der Waals surface area contributed by atoms with Gasteiger partial charge in [0.15, 0.2) is 6.04 Å². The van der Waals surface area contributed by atoms with Crippen LogP contribution in [0, 0.1) is 24.0 Å². The van der Waals surface area contributed by atoms with Crippen LogP contribution in [-0.2, 0) is 21.2 Å². The maximum Gasteiger partial charge on any atom is 0.361 e. The van der Waals surface area contributed by atoms with E-state index >= 15 is 0 Å². The van der Waals surface area contributed by atoms with Gasteiger partial charge in [-0.2, -0.15) is 8.42 Å². The molecule has 0 saturated carbocycles. The van der Waals surface area contributed by atoms with Gasteiger partial charge in [0.25, 0.3) is 12.0 Å². The fraction of sp³-hybridized carbons (Fsp3) is 0.200. The van der Waals surface area contributed by atoms with E-state index in [1.54, 1.807) is 38.3 Å². The number of quaternary nitrogens is 1. The van der Waals surface area contributed by atoms with Crippen molar-refractivity contribution < 1.29 is 26.8 Å². The molecule has 0 fully saturated rings. The molecule has 1 radical (unpaired) electrons. The first-order chi connectivity index (χ1) is 16.0. The van der Waals surface area contributed by atoms with Gasteiger partial charge in [-0.25, -0.2) is 4.79 Å². The van der Waals surface area contributed by atoms with Crippen molar-refractivity contribution >= 4 is 27.9 Å². The van der Waals surface area contributed by atoms with Gasteiger partial charge in [0.1, 0.15) is 4.90 Å². The fourth-order valence-corrected chi connectivity index (χ4v) is 5.59. The number of nitro benzene ring substituents is 1. The van der Waals surface area contributed by atoms with E-state index in [4.69, 9.17) is 0 Å². The number of nitrogens with zero attached hydrogens (tertiary/aromatic N) is 2. The van der Waals surface area contributed by atoms with Crippen LogP contribution < -0.4 is 0 Å². The molecule has 0 aliphatic heterocycles. The van der Waals surface area contributed by atoms with Crippen LogP contribution in [0.2, 0.25) is 0 Å². The standard InChI is InChI=1S/C25H24N2O6S/c1-18-13-19(2)15-21(14-18)25(29)27(3,34(32,33)24-7-5-4-6-8-24)23(17-28)16-20-9-11-22(12-10-20)26(30)31/h4-15,23H,16H2,1-3H3/q+1/t23-,27?/m0/s1. The van der Waals surface area contributed by atoms with E-state index in [-0.39, 0.29) is 22.6 Å².